The second-order valence-electron chi connectivity index (χ2n) is 4.61. The van der Waals surface area contributed by atoms with Crippen LogP contribution in [0.25, 0.3) is 0 Å². The van der Waals surface area contributed by atoms with Crippen LogP contribution in [0, 0.1) is 5.92 Å². The molecule has 4 nitrogen and oxygen atoms in total. The van der Waals surface area contributed by atoms with Crippen molar-refractivity contribution in [3.8, 4) is 0 Å². The summed E-state index contributed by atoms with van der Waals surface area (Å²) < 4.78 is 1.12. The molecule has 16 heavy (non-hydrogen) atoms. The van der Waals surface area contributed by atoms with Crippen molar-refractivity contribution >= 4 is 60.9 Å². The Morgan fingerprint density at radius 3 is 1.81 bits per heavy atom. The second-order valence-corrected chi connectivity index (χ2v) is 7.45. The molecule has 2 N–H and O–H groups in total. The fourth-order valence-corrected chi connectivity index (χ4v) is 2.97. The van der Waals surface area contributed by atoms with Crippen LogP contribution in [0.3, 0.4) is 0 Å². The maximum atomic E-state index is 9.43. The van der Waals surface area contributed by atoms with Crippen LogP contribution >= 0.6 is 0 Å². The molecule has 0 heterocycles. The molecular weight excluding hydrogens is 235 g/mol. The summed E-state index contributed by atoms with van der Waals surface area (Å²) in [5, 5.41) is 15.4. The van der Waals surface area contributed by atoms with Gasteiger partial charge >= 0.3 is 106 Å². The van der Waals surface area contributed by atoms with Crippen molar-refractivity contribution in [3.05, 3.63) is 0 Å². The summed E-state index contributed by atoms with van der Waals surface area (Å²) in [5.74, 6) is -1.49. The first-order chi connectivity index (χ1) is 7.43. The van der Waals surface area contributed by atoms with E-state index in [0.717, 1.165) is 54.9 Å². The van der Waals surface area contributed by atoms with E-state index < -0.39 is 18.4 Å². The Morgan fingerprint density at radius 1 is 1.19 bits per heavy atom. The molecular formula is C11H19KO4. The molecule has 0 bridgehead atoms. The first-order valence-corrected chi connectivity index (χ1v) is 7.67. The minimum absolute atomic E-state index is 0.806. The van der Waals surface area contributed by atoms with Crippen LogP contribution in [0.1, 0.15) is 45.4 Å². The number of carboxylic acid groups (broad SMARTS) is 2. The molecule has 5 heteroatoms. The molecule has 0 aromatic carbocycles. The van der Waals surface area contributed by atoms with Gasteiger partial charge in [-0.2, -0.15) is 0 Å². The molecule has 0 aromatic heterocycles. The zero-order valence-electron chi connectivity index (χ0n) is 10.1. The van der Waals surface area contributed by atoms with Crippen molar-refractivity contribution in [2.75, 3.05) is 0 Å². The van der Waals surface area contributed by atoms with E-state index in [-0.39, 0.29) is 0 Å². The Kier molecular flexibility index (Phi) is 9.94. The molecule has 0 saturated heterocycles. The minimum atomic E-state index is -1.31. The SMILES string of the molecule is C[CH]([K])C1CCCCC1.O=C(O)CC(=O)O. The third-order valence-electron chi connectivity index (χ3n) is 2.90. The summed E-state index contributed by atoms with van der Waals surface area (Å²) in [6.07, 6.45) is 6.83. The molecule has 1 aliphatic carbocycles. The number of aliphatic carboxylic acids is 2. The maximum Gasteiger partial charge on any atom is 0.314 e. The topological polar surface area (TPSA) is 74.6 Å². The monoisotopic (exact) mass is 254 g/mol. The predicted octanol–water partition coefficient (Wildman–Crippen LogP) is 2.09. The molecule has 0 aliphatic heterocycles. The van der Waals surface area contributed by atoms with Crippen LogP contribution in [0.2, 0.25) is 0.0125 Å². The van der Waals surface area contributed by atoms with Crippen molar-refractivity contribution in [1.29, 1.82) is 0 Å². The third kappa shape index (κ3) is 9.78. The van der Waals surface area contributed by atoms with Gasteiger partial charge < -0.3 is 10.2 Å². The average Bonchev–Trinajstić information content (AvgIpc) is 2.17. The summed E-state index contributed by atoms with van der Waals surface area (Å²) in [6.45, 7) is 2.44. The largest absolute Gasteiger partial charge is 0.481 e. The molecule has 88 valence electrons. The van der Waals surface area contributed by atoms with Gasteiger partial charge in [0, 0.05) is 0 Å². The Labute approximate surface area is 130 Å². The number of carbonyl (C=O) groups is 2. The summed E-state index contributed by atoms with van der Waals surface area (Å²) >= 11 is 1.08. The van der Waals surface area contributed by atoms with Gasteiger partial charge in [0.15, 0.2) is 0 Å². The van der Waals surface area contributed by atoms with Crippen LogP contribution in [0.5, 0.6) is 0 Å². The van der Waals surface area contributed by atoms with Crippen LogP contribution in [-0.4, -0.2) is 71.1 Å². The molecule has 1 aliphatic rings. The number of carboxylic acids is 2. The van der Waals surface area contributed by atoms with E-state index in [1.807, 2.05) is 0 Å². The van der Waals surface area contributed by atoms with Crippen LogP contribution in [-0.2, 0) is 9.59 Å². The van der Waals surface area contributed by atoms with Crippen molar-refractivity contribution in [1.82, 2.24) is 0 Å². The minimum Gasteiger partial charge on any atom is -0.481 e. The Balaban J connectivity index is 0.000000293. The van der Waals surface area contributed by atoms with Gasteiger partial charge in [0.05, 0.1) is 0 Å². The maximum absolute atomic E-state index is 9.43. The smallest absolute Gasteiger partial charge is 0.314 e. The van der Waals surface area contributed by atoms with Crippen LogP contribution < -0.4 is 0 Å². The third-order valence-corrected chi connectivity index (χ3v) is 4.37. The zero-order chi connectivity index (χ0) is 12.6. The second kappa shape index (κ2) is 9.59. The molecule has 0 radical (unpaired) electrons. The van der Waals surface area contributed by atoms with Gasteiger partial charge in [0.2, 0.25) is 0 Å². The van der Waals surface area contributed by atoms with Crippen molar-refractivity contribution in [3.63, 3.8) is 0 Å². The molecule has 0 aromatic rings. The van der Waals surface area contributed by atoms with Crippen molar-refractivity contribution in [2.24, 2.45) is 5.92 Å². The number of rotatable bonds is 3. The molecule has 1 atom stereocenters. The summed E-state index contributed by atoms with van der Waals surface area (Å²) in [6, 6.07) is 0. The Morgan fingerprint density at radius 2 is 1.62 bits per heavy atom. The van der Waals surface area contributed by atoms with E-state index in [1.165, 1.54) is 19.3 Å². The standard InChI is InChI=1S/C8H15.C3H4O4.K/c1-2-8-6-4-3-5-7-8;4-2(5)1-3(6)7;/h2,8H,3-7H2,1H3;1H2,(H,4,5)(H,6,7);. The zero-order valence-corrected chi connectivity index (χ0v) is 13.2. The van der Waals surface area contributed by atoms with Crippen molar-refractivity contribution in [2.45, 2.75) is 45.5 Å². The molecule has 0 amide bonds. The van der Waals surface area contributed by atoms with Gasteiger partial charge in [-0.25, -0.2) is 0 Å². The Bertz CT molecular complexity index is 210. The first kappa shape index (κ1) is 16.6. The normalized spacial score (nSPS) is 18.2. The van der Waals surface area contributed by atoms with E-state index in [9.17, 15) is 9.59 Å². The van der Waals surface area contributed by atoms with Crippen LogP contribution in [0.4, 0.5) is 0 Å². The van der Waals surface area contributed by atoms with Gasteiger partial charge in [-0.05, 0) is 0 Å². The quantitative estimate of drug-likeness (QED) is 0.597. The molecule has 1 saturated carbocycles. The summed E-state index contributed by atoms with van der Waals surface area (Å²) in [5.41, 5.74) is 0. The van der Waals surface area contributed by atoms with E-state index in [4.69, 9.17) is 10.2 Å². The first-order valence-electron chi connectivity index (χ1n) is 5.87. The van der Waals surface area contributed by atoms with Gasteiger partial charge in [0.1, 0.15) is 6.42 Å². The van der Waals surface area contributed by atoms with Gasteiger partial charge in [0.25, 0.3) is 0 Å². The van der Waals surface area contributed by atoms with Crippen LogP contribution in [0.15, 0.2) is 0 Å². The van der Waals surface area contributed by atoms with E-state index >= 15 is 0 Å². The predicted molar refractivity (Wildman–Crippen MR) is 61.6 cm³/mol. The van der Waals surface area contributed by atoms with E-state index in [1.54, 1.807) is 12.8 Å². The number of hydrogen-bond acceptors (Lipinski definition) is 2. The Hall–Kier alpha value is 0.576. The molecule has 1 fully saturated rings. The fraction of sp³-hybridized carbons (Fsp3) is 0.818. The fourth-order valence-electron chi connectivity index (χ4n) is 1.93. The average molecular weight is 254 g/mol. The molecule has 1 unspecified atom stereocenters. The van der Waals surface area contributed by atoms with Crippen molar-refractivity contribution < 1.29 is 19.8 Å². The number of hydrogen-bond donors (Lipinski definition) is 2. The molecule has 0 spiro atoms. The molecule has 1 rings (SSSR count). The van der Waals surface area contributed by atoms with E-state index in [2.05, 4.69) is 6.92 Å². The summed E-state index contributed by atoms with van der Waals surface area (Å²) in [4.78, 5) is 18.9. The summed E-state index contributed by atoms with van der Waals surface area (Å²) in [7, 11) is 0. The van der Waals surface area contributed by atoms with Gasteiger partial charge in [-0.3, -0.25) is 9.59 Å². The van der Waals surface area contributed by atoms with E-state index in [0.29, 0.717) is 0 Å². The van der Waals surface area contributed by atoms with Gasteiger partial charge in [-0.15, -0.1) is 0 Å². The van der Waals surface area contributed by atoms with Gasteiger partial charge in [-0.1, -0.05) is 0 Å².